The molecule has 8 heteroatoms. The molecule has 3 N–H and O–H groups in total. The number of hydrogen-bond donors (Lipinski definition) is 2. The normalized spacial score (nSPS) is 18.3. The van der Waals surface area contributed by atoms with Crippen LogP contribution in [0.25, 0.3) is 0 Å². The van der Waals surface area contributed by atoms with Gasteiger partial charge in [0.15, 0.2) is 5.00 Å². The molecule has 144 valence electrons. The number of nitrogens with two attached hydrogens (primary N) is 1. The van der Waals surface area contributed by atoms with Gasteiger partial charge in [0.25, 0.3) is 0 Å². The largest absolute Gasteiger partial charge is 0.481 e. The summed E-state index contributed by atoms with van der Waals surface area (Å²) >= 11 is 1.17. The Hall–Kier alpha value is -1.96. The van der Waals surface area contributed by atoms with Crippen LogP contribution in [-0.4, -0.2) is 41.1 Å². The molecular formula is C18H27FN4O2S. The van der Waals surface area contributed by atoms with Crippen LogP contribution >= 0.6 is 11.8 Å². The van der Waals surface area contributed by atoms with Crippen LogP contribution < -0.4 is 15.8 Å². The first-order chi connectivity index (χ1) is 12.4. The fraction of sp³-hybridized carbons (Fsp3) is 0.556. The number of piperidine rings is 1. The standard InChI is InChI=1S/C18H27FN4O2S/c1-4-14(11-20)22-17(24)23-9-7-13(8-10-23)18(2,19)26-15-5-6-16(25-3)21-12-15/h5-6,11-13H,4,7-10,20H2,1-3H3,(H,22,24)/b14-11+. The highest BCUT2D eigenvalue weighted by Gasteiger charge is 2.38. The second-order valence-corrected chi connectivity index (χ2v) is 7.83. The van der Waals surface area contributed by atoms with Gasteiger partial charge in [-0.3, -0.25) is 0 Å². The second kappa shape index (κ2) is 9.12. The van der Waals surface area contributed by atoms with E-state index < -0.39 is 5.00 Å². The van der Waals surface area contributed by atoms with Crippen molar-refractivity contribution in [2.45, 2.75) is 43.0 Å². The SMILES string of the molecule is CC/C(=C\N)NC(=O)N1CCC(C(C)(F)Sc2ccc(OC)nc2)CC1. The molecule has 0 saturated carbocycles. The molecule has 1 aliphatic rings. The number of urea groups is 1. The Morgan fingerprint density at radius 1 is 1.54 bits per heavy atom. The van der Waals surface area contributed by atoms with Gasteiger partial charge in [-0.2, -0.15) is 0 Å². The molecule has 0 aliphatic carbocycles. The number of hydrogen-bond acceptors (Lipinski definition) is 5. The highest BCUT2D eigenvalue weighted by molar-refractivity contribution is 8.00. The molecule has 26 heavy (non-hydrogen) atoms. The van der Waals surface area contributed by atoms with E-state index in [0.29, 0.717) is 43.9 Å². The molecule has 0 bridgehead atoms. The van der Waals surface area contributed by atoms with Crippen LogP contribution in [0.4, 0.5) is 9.18 Å². The zero-order valence-corrected chi connectivity index (χ0v) is 16.3. The Kier molecular flexibility index (Phi) is 7.14. The summed E-state index contributed by atoms with van der Waals surface area (Å²) < 4.78 is 20.3. The number of carbonyl (C=O) groups is 1. The van der Waals surface area contributed by atoms with Crippen LogP contribution in [0.5, 0.6) is 5.88 Å². The van der Waals surface area contributed by atoms with Crippen molar-refractivity contribution < 1.29 is 13.9 Å². The van der Waals surface area contributed by atoms with Gasteiger partial charge in [-0.15, -0.1) is 0 Å². The molecule has 2 rings (SSSR count). The van der Waals surface area contributed by atoms with Crippen molar-refractivity contribution in [2.24, 2.45) is 11.7 Å². The quantitative estimate of drug-likeness (QED) is 0.736. The van der Waals surface area contributed by atoms with Crippen molar-refractivity contribution in [3.8, 4) is 5.88 Å². The van der Waals surface area contributed by atoms with E-state index >= 15 is 4.39 Å². The number of alkyl halides is 1. The van der Waals surface area contributed by atoms with Gasteiger partial charge in [0, 0.05) is 48.1 Å². The Labute approximate surface area is 158 Å². The zero-order chi connectivity index (χ0) is 19.2. The predicted molar refractivity (Wildman–Crippen MR) is 102 cm³/mol. The van der Waals surface area contributed by atoms with Crippen LogP contribution in [-0.2, 0) is 0 Å². The van der Waals surface area contributed by atoms with Crippen molar-refractivity contribution >= 4 is 17.8 Å². The number of aromatic nitrogens is 1. The number of methoxy groups -OCH3 is 1. The number of likely N-dealkylation sites (tertiary alicyclic amines) is 1. The summed E-state index contributed by atoms with van der Waals surface area (Å²) in [5.41, 5.74) is 6.16. The third kappa shape index (κ3) is 5.27. The molecule has 2 heterocycles. The number of nitrogens with zero attached hydrogens (tertiary/aromatic N) is 2. The van der Waals surface area contributed by atoms with Gasteiger partial charge in [0.1, 0.15) is 0 Å². The number of allylic oxidation sites excluding steroid dienone is 1. The van der Waals surface area contributed by atoms with Gasteiger partial charge in [0.2, 0.25) is 5.88 Å². The summed E-state index contributed by atoms with van der Waals surface area (Å²) in [4.78, 5) is 18.8. The highest BCUT2D eigenvalue weighted by atomic mass is 32.2. The highest BCUT2D eigenvalue weighted by Crippen LogP contribution is 2.44. The summed E-state index contributed by atoms with van der Waals surface area (Å²) in [5.74, 6) is 0.376. The number of carbonyl (C=O) groups excluding carboxylic acids is 1. The van der Waals surface area contributed by atoms with E-state index in [9.17, 15) is 4.79 Å². The summed E-state index contributed by atoms with van der Waals surface area (Å²) in [5, 5.41) is 1.37. The predicted octanol–water partition coefficient (Wildman–Crippen LogP) is 3.50. The lowest BCUT2D eigenvalue weighted by atomic mass is 9.92. The Morgan fingerprint density at radius 2 is 2.23 bits per heavy atom. The first-order valence-electron chi connectivity index (χ1n) is 8.74. The number of amides is 2. The van der Waals surface area contributed by atoms with Gasteiger partial charge in [0.05, 0.1) is 7.11 Å². The lowest BCUT2D eigenvalue weighted by Crippen LogP contribution is -2.46. The second-order valence-electron chi connectivity index (χ2n) is 6.36. The minimum Gasteiger partial charge on any atom is -0.481 e. The van der Waals surface area contributed by atoms with Gasteiger partial charge in [-0.05, 0) is 32.3 Å². The van der Waals surface area contributed by atoms with Crippen molar-refractivity contribution in [1.29, 1.82) is 0 Å². The molecule has 0 aromatic carbocycles. The topological polar surface area (TPSA) is 80.5 Å². The number of thioether (sulfide) groups is 1. The minimum atomic E-state index is -1.43. The zero-order valence-electron chi connectivity index (χ0n) is 15.5. The van der Waals surface area contributed by atoms with Crippen molar-refractivity contribution in [1.82, 2.24) is 15.2 Å². The van der Waals surface area contributed by atoms with E-state index in [-0.39, 0.29) is 11.9 Å². The lowest BCUT2D eigenvalue weighted by molar-refractivity contribution is 0.120. The van der Waals surface area contributed by atoms with Crippen molar-refractivity contribution in [3.05, 3.63) is 30.2 Å². The average molecular weight is 383 g/mol. The smallest absolute Gasteiger partial charge is 0.321 e. The molecule has 1 fully saturated rings. The molecule has 1 atom stereocenters. The van der Waals surface area contributed by atoms with E-state index in [1.165, 1.54) is 18.0 Å². The maximum atomic E-state index is 15.3. The number of rotatable bonds is 6. The molecule has 1 unspecified atom stereocenters. The molecule has 2 amide bonds. The van der Waals surface area contributed by atoms with Crippen LogP contribution in [0.2, 0.25) is 0 Å². The Balaban J connectivity index is 1.89. The van der Waals surface area contributed by atoms with E-state index in [4.69, 9.17) is 10.5 Å². The molecule has 1 aromatic heterocycles. The molecule has 1 saturated heterocycles. The third-order valence-electron chi connectivity index (χ3n) is 4.60. The molecule has 0 radical (unpaired) electrons. The monoisotopic (exact) mass is 382 g/mol. The summed E-state index contributed by atoms with van der Waals surface area (Å²) in [7, 11) is 1.55. The van der Waals surface area contributed by atoms with E-state index in [2.05, 4.69) is 10.3 Å². The average Bonchev–Trinajstić information content (AvgIpc) is 2.66. The number of pyridine rings is 1. The summed E-state index contributed by atoms with van der Waals surface area (Å²) in [6.45, 7) is 4.58. The van der Waals surface area contributed by atoms with E-state index in [1.807, 2.05) is 13.0 Å². The van der Waals surface area contributed by atoms with Crippen LogP contribution in [0.3, 0.4) is 0 Å². The van der Waals surface area contributed by atoms with Gasteiger partial charge < -0.3 is 20.7 Å². The molecular weight excluding hydrogens is 355 g/mol. The Morgan fingerprint density at radius 3 is 2.73 bits per heavy atom. The fourth-order valence-corrected chi connectivity index (χ4v) is 4.03. The fourth-order valence-electron chi connectivity index (χ4n) is 2.92. The van der Waals surface area contributed by atoms with Crippen LogP contribution in [0.1, 0.15) is 33.1 Å². The first-order valence-corrected chi connectivity index (χ1v) is 9.56. The molecule has 0 spiro atoms. The maximum Gasteiger partial charge on any atom is 0.321 e. The number of halogens is 1. The first kappa shape index (κ1) is 20.4. The van der Waals surface area contributed by atoms with Crippen LogP contribution in [0.15, 0.2) is 35.1 Å². The van der Waals surface area contributed by atoms with E-state index in [1.54, 1.807) is 31.2 Å². The third-order valence-corrected chi connectivity index (χ3v) is 5.81. The van der Waals surface area contributed by atoms with Crippen molar-refractivity contribution in [2.75, 3.05) is 20.2 Å². The van der Waals surface area contributed by atoms with E-state index in [0.717, 1.165) is 4.90 Å². The van der Waals surface area contributed by atoms with Gasteiger partial charge in [-0.1, -0.05) is 18.7 Å². The lowest BCUT2D eigenvalue weighted by Gasteiger charge is -2.37. The van der Waals surface area contributed by atoms with Gasteiger partial charge >= 0.3 is 6.03 Å². The maximum absolute atomic E-state index is 15.3. The summed E-state index contributed by atoms with van der Waals surface area (Å²) in [6, 6.07) is 3.36. The summed E-state index contributed by atoms with van der Waals surface area (Å²) in [6.07, 6.45) is 4.92. The molecule has 1 aliphatic heterocycles. The van der Waals surface area contributed by atoms with Crippen LogP contribution in [0, 0.1) is 5.92 Å². The molecule has 6 nitrogen and oxygen atoms in total. The van der Waals surface area contributed by atoms with Crippen molar-refractivity contribution in [3.63, 3.8) is 0 Å². The Bertz CT molecular complexity index is 629. The molecule has 1 aromatic rings. The number of nitrogens with one attached hydrogen (secondary N) is 1. The number of ether oxygens (including phenoxy) is 1. The minimum absolute atomic E-state index is 0.130. The van der Waals surface area contributed by atoms with Gasteiger partial charge in [-0.25, -0.2) is 14.2 Å².